The first kappa shape index (κ1) is 18.2. The quantitative estimate of drug-likeness (QED) is 0.354. The molecule has 2 heterocycles. The van der Waals surface area contributed by atoms with Gasteiger partial charge in [0.1, 0.15) is 12.0 Å². The van der Waals surface area contributed by atoms with Crippen molar-refractivity contribution in [2.24, 2.45) is 0 Å². The number of hydrogen-bond donors (Lipinski definition) is 4. The largest absolute Gasteiger partial charge is 0.393 e. The van der Waals surface area contributed by atoms with Crippen LogP contribution in [-0.2, 0) is 6.54 Å². The topological polar surface area (TPSA) is 123 Å². The number of imidazole rings is 1. The van der Waals surface area contributed by atoms with E-state index in [0.29, 0.717) is 29.4 Å². The van der Waals surface area contributed by atoms with Crippen LogP contribution >= 0.6 is 0 Å². The summed E-state index contributed by atoms with van der Waals surface area (Å²) < 4.78 is 2.00. The third-order valence-electron chi connectivity index (χ3n) is 4.01. The van der Waals surface area contributed by atoms with Crippen LogP contribution in [0.4, 0.5) is 17.3 Å². The molecule has 0 fully saturated rings. The highest BCUT2D eigenvalue weighted by Gasteiger charge is 2.11. The molecule has 0 aliphatic carbocycles. The number of nitrogens with two attached hydrogens (primary N) is 1. The van der Waals surface area contributed by atoms with Gasteiger partial charge in [-0.2, -0.15) is 0 Å². The Morgan fingerprint density at radius 2 is 2.04 bits per heavy atom. The highest BCUT2D eigenvalue weighted by molar-refractivity contribution is 5.96. The molecule has 0 saturated carbocycles. The molecule has 0 spiro atoms. The normalized spacial score (nSPS) is 10.4. The van der Waals surface area contributed by atoms with Crippen molar-refractivity contribution < 1.29 is 4.79 Å². The molecule has 0 aliphatic heterocycles. The van der Waals surface area contributed by atoms with Crippen LogP contribution in [0.3, 0.4) is 0 Å². The van der Waals surface area contributed by atoms with Crippen molar-refractivity contribution >= 4 is 23.2 Å². The Morgan fingerprint density at radius 3 is 2.81 bits per heavy atom. The Labute approximate surface area is 157 Å². The summed E-state index contributed by atoms with van der Waals surface area (Å²) in [6, 6.07) is 7.32. The van der Waals surface area contributed by atoms with Crippen molar-refractivity contribution in [1.82, 2.24) is 24.9 Å². The van der Waals surface area contributed by atoms with Gasteiger partial charge in [-0.15, -0.1) is 0 Å². The second-order valence-electron chi connectivity index (χ2n) is 5.96. The minimum absolute atomic E-state index is 0.263. The maximum absolute atomic E-state index is 12.3. The van der Waals surface area contributed by atoms with E-state index in [2.05, 4.69) is 31.1 Å². The summed E-state index contributed by atoms with van der Waals surface area (Å²) in [5.74, 6) is 0.591. The maximum atomic E-state index is 12.3. The summed E-state index contributed by atoms with van der Waals surface area (Å²) in [7, 11) is 0. The standard InChI is InChI=1S/C18H22N8O/c1-13-5-2-3-6-14(13)18(27)25-24-17-15(19)16(22-11-23-17)21-7-4-9-26-10-8-20-12-26/h2-3,5-6,8,10-12H,4,7,9,19H2,1H3,(H,25,27)(H2,21,22,23,24). The Bertz CT molecular complexity index is 894. The molecule has 140 valence electrons. The maximum Gasteiger partial charge on any atom is 0.269 e. The predicted octanol–water partition coefficient (Wildman–Crippen LogP) is 1.82. The van der Waals surface area contributed by atoms with E-state index in [1.54, 1.807) is 18.6 Å². The van der Waals surface area contributed by atoms with Crippen molar-refractivity contribution in [3.63, 3.8) is 0 Å². The SMILES string of the molecule is Cc1ccccc1C(=O)NNc1ncnc(NCCCn2ccnc2)c1N. The third-order valence-corrected chi connectivity index (χ3v) is 4.01. The van der Waals surface area contributed by atoms with E-state index >= 15 is 0 Å². The summed E-state index contributed by atoms with van der Waals surface area (Å²) >= 11 is 0. The number of hydrogen-bond acceptors (Lipinski definition) is 7. The van der Waals surface area contributed by atoms with Crippen LogP contribution in [0, 0.1) is 6.92 Å². The zero-order valence-corrected chi connectivity index (χ0v) is 15.0. The van der Waals surface area contributed by atoms with Crippen LogP contribution < -0.4 is 21.9 Å². The zero-order chi connectivity index (χ0) is 19.1. The van der Waals surface area contributed by atoms with Crippen LogP contribution in [0.5, 0.6) is 0 Å². The van der Waals surface area contributed by atoms with Crippen LogP contribution in [0.1, 0.15) is 22.3 Å². The van der Waals surface area contributed by atoms with E-state index in [1.165, 1.54) is 6.33 Å². The van der Waals surface area contributed by atoms with Gasteiger partial charge in [0.25, 0.3) is 5.91 Å². The molecule has 0 bridgehead atoms. The van der Waals surface area contributed by atoms with E-state index in [-0.39, 0.29) is 5.91 Å². The highest BCUT2D eigenvalue weighted by atomic mass is 16.2. The molecule has 1 amide bonds. The number of amides is 1. The van der Waals surface area contributed by atoms with Gasteiger partial charge in [0.2, 0.25) is 0 Å². The van der Waals surface area contributed by atoms with Gasteiger partial charge in [0.15, 0.2) is 11.6 Å². The van der Waals surface area contributed by atoms with Crippen molar-refractivity contribution in [3.8, 4) is 0 Å². The fourth-order valence-corrected chi connectivity index (χ4v) is 2.53. The van der Waals surface area contributed by atoms with Gasteiger partial charge in [-0.25, -0.2) is 15.0 Å². The lowest BCUT2D eigenvalue weighted by atomic mass is 10.1. The van der Waals surface area contributed by atoms with Crippen molar-refractivity contribution in [2.45, 2.75) is 19.9 Å². The van der Waals surface area contributed by atoms with Gasteiger partial charge < -0.3 is 15.6 Å². The molecule has 0 atom stereocenters. The first-order valence-corrected chi connectivity index (χ1v) is 8.57. The van der Waals surface area contributed by atoms with Crippen molar-refractivity contribution in [2.75, 3.05) is 23.0 Å². The molecule has 0 saturated heterocycles. The number of aryl methyl sites for hydroxylation is 2. The Hall–Kier alpha value is -3.62. The molecule has 9 heteroatoms. The average molecular weight is 366 g/mol. The number of nitrogens with one attached hydrogen (secondary N) is 3. The third kappa shape index (κ3) is 4.72. The minimum atomic E-state index is -0.263. The first-order valence-electron chi connectivity index (χ1n) is 8.57. The summed E-state index contributed by atoms with van der Waals surface area (Å²) in [6.45, 7) is 3.41. The van der Waals surface area contributed by atoms with Crippen molar-refractivity contribution in [3.05, 3.63) is 60.4 Å². The summed E-state index contributed by atoms with van der Waals surface area (Å²) in [6.07, 6.45) is 7.71. The van der Waals surface area contributed by atoms with Gasteiger partial charge in [0, 0.05) is 31.0 Å². The van der Waals surface area contributed by atoms with E-state index in [9.17, 15) is 4.79 Å². The van der Waals surface area contributed by atoms with Gasteiger partial charge in [-0.3, -0.25) is 15.6 Å². The molecule has 3 rings (SSSR count). The number of carbonyl (C=O) groups excluding carboxylic acids is 1. The highest BCUT2D eigenvalue weighted by Crippen LogP contribution is 2.21. The molecule has 1 aromatic carbocycles. The molecule has 2 aromatic heterocycles. The zero-order valence-electron chi connectivity index (χ0n) is 15.0. The second-order valence-corrected chi connectivity index (χ2v) is 5.96. The molecule has 27 heavy (non-hydrogen) atoms. The van der Waals surface area contributed by atoms with Crippen LogP contribution in [-0.4, -0.2) is 32.0 Å². The number of aromatic nitrogens is 4. The fourth-order valence-electron chi connectivity index (χ4n) is 2.53. The molecule has 0 aliphatic rings. The number of hydrazine groups is 1. The van der Waals surface area contributed by atoms with E-state index in [0.717, 1.165) is 18.5 Å². The molecule has 5 N–H and O–H groups in total. The molecule has 0 radical (unpaired) electrons. The molecule has 3 aromatic rings. The van der Waals surface area contributed by atoms with Crippen LogP contribution in [0.25, 0.3) is 0 Å². The molecular formula is C18H22N8O. The van der Waals surface area contributed by atoms with Gasteiger partial charge >= 0.3 is 0 Å². The smallest absolute Gasteiger partial charge is 0.269 e. The van der Waals surface area contributed by atoms with Gasteiger partial charge in [-0.1, -0.05) is 18.2 Å². The fraction of sp³-hybridized carbons (Fsp3) is 0.222. The Morgan fingerprint density at radius 1 is 1.22 bits per heavy atom. The van der Waals surface area contributed by atoms with Crippen molar-refractivity contribution in [1.29, 1.82) is 0 Å². The molecular weight excluding hydrogens is 344 g/mol. The van der Waals surface area contributed by atoms with Crippen LogP contribution in [0.2, 0.25) is 0 Å². The second kappa shape index (κ2) is 8.65. The predicted molar refractivity (Wildman–Crippen MR) is 104 cm³/mol. The molecule has 0 unspecified atom stereocenters. The minimum Gasteiger partial charge on any atom is -0.393 e. The average Bonchev–Trinajstić information content (AvgIpc) is 3.19. The summed E-state index contributed by atoms with van der Waals surface area (Å²) in [4.78, 5) is 24.5. The lowest BCUT2D eigenvalue weighted by molar-refractivity contribution is 0.0962. The van der Waals surface area contributed by atoms with E-state index in [4.69, 9.17) is 5.73 Å². The lowest BCUT2D eigenvalue weighted by Crippen LogP contribution is -2.31. The summed E-state index contributed by atoms with van der Waals surface area (Å²) in [5.41, 5.74) is 13.3. The Balaban J connectivity index is 1.54. The number of nitrogen functional groups attached to an aromatic ring is 1. The number of carbonyl (C=O) groups is 1. The van der Waals surface area contributed by atoms with Crippen LogP contribution in [0.15, 0.2) is 49.3 Å². The van der Waals surface area contributed by atoms with E-state index in [1.807, 2.05) is 35.9 Å². The number of benzene rings is 1. The monoisotopic (exact) mass is 366 g/mol. The van der Waals surface area contributed by atoms with Gasteiger partial charge in [0.05, 0.1) is 6.33 Å². The van der Waals surface area contributed by atoms with Gasteiger partial charge in [-0.05, 0) is 25.0 Å². The summed E-state index contributed by atoms with van der Waals surface area (Å²) in [5, 5.41) is 3.18. The first-order chi connectivity index (χ1) is 13.1. The number of anilines is 3. The lowest BCUT2D eigenvalue weighted by Gasteiger charge is -2.13. The number of nitrogens with zero attached hydrogens (tertiary/aromatic N) is 4. The van der Waals surface area contributed by atoms with E-state index < -0.39 is 0 Å². The number of rotatable bonds is 8. The Kier molecular flexibility index (Phi) is 5.83. The molecule has 9 nitrogen and oxygen atoms in total.